The van der Waals surface area contributed by atoms with E-state index in [0.29, 0.717) is 16.1 Å². The van der Waals surface area contributed by atoms with Gasteiger partial charge in [-0.1, -0.05) is 32.4 Å². The van der Waals surface area contributed by atoms with Gasteiger partial charge < -0.3 is 4.74 Å². The third-order valence-electron chi connectivity index (χ3n) is 2.72. The smallest absolute Gasteiger partial charge is 0.299 e. The van der Waals surface area contributed by atoms with Crippen LogP contribution < -0.4 is 4.74 Å². The maximum atomic E-state index is 5.95. The first-order chi connectivity index (χ1) is 9.43. The van der Waals surface area contributed by atoms with Crippen LogP contribution in [0.2, 0.25) is 5.15 Å². The van der Waals surface area contributed by atoms with Gasteiger partial charge in [0.05, 0.1) is 11.9 Å². The van der Waals surface area contributed by atoms with Crippen molar-refractivity contribution in [2.45, 2.75) is 26.2 Å². The van der Waals surface area contributed by atoms with E-state index in [2.05, 4.69) is 35.8 Å². The number of hydrogen-bond acceptors (Lipinski definition) is 5. The van der Waals surface area contributed by atoms with Gasteiger partial charge in [0.1, 0.15) is 0 Å². The number of imidazole rings is 1. The van der Waals surface area contributed by atoms with Gasteiger partial charge in [-0.25, -0.2) is 14.5 Å². The fraction of sp³-hybridized carbons (Fsp3) is 0.308. The summed E-state index contributed by atoms with van der Waals surface area (Å²) in [5, 5.41) is 5.15. The van der Waals surface area contributed by atoms with Crippen molar-refractivity contribution in [3.05, 3.63) is 35.4 Å². The molecule has 0 saturated heterocycles. The molecule has 0 aromatic carbocycles. The van der Waals surface area contributed by atoms with Gasteiger partial charge in [-0.15, -0.1) is 5.10 Å². The molecule has 0 N–H and O–H groups in total. The van der Waals surface area contributed by atoms with Crippen LogP contribution in [0.25, 0.3) is 4.96 Å². The van der Waals surface area contributed by atoms with Crippen molar-refractivity contribution in [3.63, 3.8) is 0 Å². The molecule has 0 radical (unpaired) electrons. The third kappa shape index (κ3) is 2.48. The zero-order chi connectivity index (χ0) is 14.3. The van der Waals surface area contributed by atoms with Gasteiger partial charge >= 0.3 is 0 Å². The molecule has 0 amide bonds. The molecule has 0 atom stereocenters. The highest BCUT2D eigenvalue weighted by Crippen LogP contribution is 2.31. The molecule has 0 unspecified atom stereocenters. The summed E-state index contributed by atoms with van der Waals surface area (Å²) in [7, 11) is 0. The van der Waals surface area contributed by atoms with Crippen molar-refractivity contribution in [2.75, 3.05) is 0 Å². The Hall–Kier alpha value is -1.66. The van der Waals surface area contributed by atoms with Crippen LogP contribution in [0, 0.1) is 0 Å². The topological polar surface area (TPSA) is 52.3 Å². The van der Waals surface area contributed by atoms with Gasteiger partial charge in [-0.3, -0.25) is 0 Å². The molecule has 3 heterocycles. The van der Waals surface area contributed by atoms with E-state index in [0.717, 1.165) is 10.7 Å². The third-order valence-corrected chi connectivity index (χ3v) is 3.80. The summed E-state index contributed by atoms with van der Waals surface area (Å²) in [6.45, 7) is 6.35. The number of hydrogen-bond donors (Lipinski definition) is 0. The lowest BCUT2D eigenvalue weighted by Crippen LogP contribution is -2.11. The van der Waals surface area contributed by atoms with Gasteiger partial charge in [0, 0.05) is 11.6 Å². The van der Waals surface area contributed by atoms with Crippen LogP contribution in [0.3, 0.4) is 0 Å². The molecule has 0 fully saturated rings. The van der Waals surface area contributed by atoms with Gasteiger partial charge in [-0.05, 0) is 23.5 Å². The lowest BCUT2D eigenvalue weighted by Gasteiger charge is -2.13. The van der Waals surface area contributed by atoms with Crippen LogP contribution in [0.15, 0.2) is 24.5 Å². The van der Waals surface area contributed by atoms with E-state index < -0.39 is 0 Å². The highest BCUT2D eigenvalue weighted by molar-refractivity contribution is 7.18. The van der Waals surface area contributed by atoms with Crippen molar-refractivity contribution in [2.24, 2.45) is 0 Å². The zero-order valence-corrected chi connectivity index (χ0v) is 12.9. The number of halogens is 1. The number of aromatic nitrogens is 4. The van der Waals surface area contributed by atoms with Gasteiger partial charge in [0.15, 0.2) is 10.9 Å². The second kappa shape index (κ2) is 4.71. The van der Waals surface area contributed by atoms with Crippen LogP contribution in [0.4, 0.5) is 0 Å². The molecule has 0 saturated carbocycles. The number of fused-ring (bicyclic) bond motifs is 1. The monoisotopic (exact) mass is 308 g/mol. The number of ether oxygens (including phenoxy) is 1. The van der Waals surface area contributed by atoms with Crippen LogP contribution in [-0.4, -0.2) is 19.6 Å². The van der Waals surface area contributed by atoms with Crippen LogP contribution >= 0.6 is 22.9 Å². The van der Waals surface area contributed by atoms with Crippen LogP contribution in [-0.2, 0) is 5.41 Å². The van der Waals surface area contributed by atoms with Crippen LogP contribution in [0.5, 0.6) is 10.9 Å². The minimum Gasteiger partial charge on any atom is -0.426 e. The molecule has 3 aromatic heterocycles. The molecule has 0 bridgehead atoms. The average molecular weight is 309 g/mol. The largest absolute Gasteiger partial charge is 0.426 e. The van der Waals surface area contributed by atoms with Gasteiger partial charge in [0.2, 0.25) is 4.96 Å². The molecule has 5 nitrogen and oxygen atoms in total. The summed E-state index contributed by atoms with van der Waals surface area (Å²) >= 11 is 7.32. The standard InChI is InChI=1S/C13H13ClN4OS/c1-13(2,3)9-7-18-11(16-9)20-12(17-18)19-8-5-4-6-15-10(8)14/h4-7H,1-3H3. The quantitative estimate of drug-likeness (QED) is 0.673. The van der Waals surface area contributed by atoms with E-state index in [4.69, 9.17) is 16.3 Å². The minimum atomic E-state index is 0.00109. The summed E-state index contributed by atoms with van der Waals surface area (Å²) in [5.41, 5.74) is 1.00. The first kappa shape index (κ1) is 13.3. The molecule has 104 valence electrons. The highest BCUT2D eigenvalue weighted by atomic mass is 35.5. The summed E-state index contributed by atoms with van der Waals surface area (Å²) in [6, 6.07) is 3.51. The SMILES string of the molecule is CC(C)(C)c1cn2nc(Oc3cccnc3Cl)sc2n1. The first-order valence-electron chi connectivity index (χ1n) is 6.08. The summed E-state index contributed by atoms with van der Waals surface area (Å²) < 4.78 is 7.36. The Morgan fingerprint density at radius 1 is 1.35 bits per heavy atom. The lowest BCUT2D eigenvalue weighted by atomic mass is 9.93. The van der Waals surface area contributed by atoms with Crippen molar-refractivity contribution in [1.29, 1.82) is 0 Å². The van der Waals surface area contributed by atoms with E-state index in [1.165, 1.54) is 11.3 Å². The Bertz CT molecular complexity index is 728. The number of nitrogens with zero attached hydrogens (tertiary/aromatic N) is 4. The second-order valence-electron chi connectivity index (χ2n) is 5.37. The van der Waals surface area contributed by atoms with Gasteiger partial charge in [-0.2, -0.15) is 0 Å². The van der Waals surface area contributed by atoms with Crippen molar-refractivity contribution in [1.82, 2.24) is 19.6 Å². The van der Waals surface area contributed by atoms with Crippen molar-refractivity contribution >= 4 is 27.9 Å². The van der Waals surface area contributed by atoms with E-state index in [1.807, 2.05) is 6.20 Å². The van der Waals surface area contributed by atoms with E-state index in [9.17, 15) is 0 Å². The molecule has 20 heavy (non-hydrogen) atoms. The predicted molar refractivity (Wildman–Crippen MR) is 78.9 cm³/mol. The molecular formula is C13H13ClN4OS. The normalized spacial score (nSPS) is 12.0. The van der Waals surface area contributed by atoms with Crippen LogP contribution in [0.1, 0.15) is 26.5 Å². The van der Waals surface area contributed by atoms with E-state index in [-0.39, 0.29) is 5.41 Å². The molecule has 0 aliphatic heterocycles. The van der Waals surface area contributed by atoms with E-state index in [1.54, 1.807) is 22.8 Å². The Labute approximate surface area is 125 Å². The molecule has 0 spiro atoms. The fourth-order valence-electron chi connectivity index (χ4n) is 1.63. The molecule has 7 heteroatoms. The molecule has 0 aliphatic carbocycles. The summed E-state index contributed by atoms with van der Waals surface area (Å²) in [6.07, 6.45) is 3.53. The van der Waals surface area contributed by atoms with Crippen molar-refractivity contribution in [3.8, 4) is 10.9 Å². The molecule has 0 aliphatic rings. The Morgan fingerprint density at radius 3 is 2.80 bits per heavy atom. The molecular weight excluding hydrogens is 296 g/mol. The fourth-order valence-corrected chi connectivity index (χ4v) is 2.53. The summed E-state index contributed by atoms with van der Waals surface area (Å²) in [5.74, 6) is 0.488. The van der Waals surface area contributed by atoms with Gasteiger partial charge in [0.25, 0.3) is 5.19 Å². The Balaban J connectivity index is 1.91. The molecule has 3 rings (SSSR count). The first-order valence-corrected chi connectivity index (χ1v) is 7.28. The average Bonchev–Trinajstić information content (AvgIpc) is 2.89. The molecule has 3 aromatic rings. The highest BCUT2D eigenvalue weighted by Gasteiger charge is 2.20. The number of pyridine rings is 1. The Kier molecular flexibility index (Phi) is 3.14. The Morgan fingerprint density at radius 2 is 2.15 bits per heavy atom. The minimum absolute atomic E-state index is 0.00109. The van der Waals surface area contributed by atoms with E-state index >= 15 is 0 Å². The maximum absolute atomic E-state index is 5.95. The predicted octanol–water partition coefficient (Wildman–Crippen LogP) is 3.93. The lowest BCUT2D eigenvalue weighted by molar-refractivity contribution is 0.468. The van der Waals surface area contributed by atoms with Crippen molar-refractivity contribution < 1.29 is 4.74 Å². The second-order valence-corrected chi connectivity index (χ2v) is 6.64. The number of rotatable bonds is 2. The maximum Gasteiger partial charge on any atom is 0.299 e. The summed E-state index contributed by atoms with van der Waals surface area (Å²) in [4.78, 5) is 9.31. The zero-order valence-electron chi connectivity index (χ0n) is 11.3.